The molecule has 0 spiro atoms. The zero-order valence-electron chi connectivity index (χ0n) is 22.8. The highest BCUT2D eigenvalue weighted by Crippen LogP contribution is 2.41. The normalized spacial score (nSPS) is 23.4. The molecule has 3 aliphatic rings. The summed E-state index contributed by atoms with van der Waals surface area (Å²) >= 11 is 0. The molecule has 9 nitrogen and oxygen atoms in total. The first-order valence-corrected chi connectivity index (χ1v) is 14.4. The van der Waals surface area contributed by atoms with E-state index in [-0.39, 0.29) is 30.3 Å². The van der Waals surface area contributed by atoms with Gasteiger partial charge in [0.1, 0.15) is 5.75 Å². The van der Waals surface area contributed by atoms with Gasteiger partial charge in [0.25, 0.3) is 0 Å². The van der Waals surface area contributed by atoms with Crippen LogP contribution in [0.4, 0.5) is 0 Å². The van der Waals surface area contributed by atoms with E-state index in [1.54, 1.807) is 0 Å². The van der Waals surface area contributed by atoms with E-state index in [0.29, 0.717) is 52.2 Å². The Balaban J connectivity index is 1.57. The Labute approximate surface area is 226 Å². The Morgan fingerprint density at radius 3 is 2.74 bits per heavy atom. The van der Waals surface area contributed by atoms with Gasteiger partial charge in [-0.1, -0.05) is 25.5 Å². The van der Waals surface area contributed by atoms with Crippen molar-refractivity contribution < 1.29 is 24.2 Å². The average Bonchev–Trinajstić information content (AvgIpc) is 3.52. The van der Waals surface area contributed by atoms with Crippen LogP contribution in [0.1, 0.15) is 68.9 Å². The van der Waals surface area contributed by atoms with Crippen LogP contribution in [0.5, 0.6) is 5.75 Å². The molecule has 1 aromatic rings. The number of nitrogens with zero attached hydrogens (tertiary/aromatic N) is 3. The van der Waals surface area contributed by atoms with Crippen molar-refractivity contribution >= 4 is 17.8 Å². The molecule has 3 atom stereocenters. The summed E-state index contributed by atoms with van der Waals surface area (Å²) in [6.07, 6.45) is 6.48. The first kappa shape index (κ1) is 28.4. The lowest BCUT2D eigenvalue weighted by Gasteiger charge is -2.32. The fourth-order valence-corrected chi connectivity index (χ4v) is 6.28. The van der Waals surface area contributed by atoms with Crippen molar-refractivity contribution in [2.45, 2.75) is 70.3 Å². The van der Waals surface area contributed by atoms with Gasteiger partial charge in [-0.15, -0.1) is 0 Å². The van der Waals surface area contributed by atoms with Crippen LogP contribution < -0.4 is 10.5 Å². The van der Waals surface area contributed by atoms with Crippen LogP contribution in [-0.2, 0) is 20.8 Å². The number of carboxylic acids is 1. The number of piperidine rings is 1. The molecule has 0 aliphatic carbocycles. The quantitative estimate of drug-likeness (QED) is 0.404. The lowest BCUT2D eigenvalue weighted by molar-refractivity contribution is -0.144. The van der Waals surface area contributed by atoms with Crippen molar-refractivity contribution in [3.63, 3.8) is 0 Å². The van der Waals surface area contributed by atoms with Gasteiger partial charge in [0.05, 0.1) is 19.1 Å². The zero-order chi connectivity index (χ0) is 27.1. The number of hydrogen-bond acceptors (Lipinski definition) is 6. The monoisotopic (exact) mass is 528 g/mol. The lowest BCUT2D eigenvalue weighted by Crippen LogP contribution is -2.46. The lowest BCUT2D eigenvalue weighted by atomic mass is 9.83. The van der Waals surface area contributed by atoms with Crippen LogP contribution in [0.3, 0.4) is 0 Å². The van der Waals surface area contributed by atoms with E-state index in [2.05, 4.69) is 17.9 Å². The zero-order valence-corrected chi connectivity index (χ0v) is 22.8. The molecule has 2 amide bonds. The number of nitrogens with two attached hydrogens (primary N) is 1. The molecule has 2 saturated heterocycles. The maximum absolute atomic E-state index is 13.5. The van der Waals surface area contributed by atoms with Gasteiger partial charge >= 0.3 is 5.97 Å². The van der Waals surface area contributed by atoms with Gasteiger partial charge in [0.2, 0.25) is 11.8 Å². The van der Waals surface area contributed by atoms with Crippen LogP contribution in [0, 0.1) is 5.92 Å². The number of aliphatic carboxylic acids is 1. The maximum atomic E-state index is 13.5. The molecule has 0 aromatic heterocycles. The third-order valence-corrected chi connectivity index (χ3v) is 8.40. The van der Waals surface area contributed by atoms with Gasteiger partial charge in [-0.2, -0.15) is 0 Å². The fraction of sp³-hybridized carbons (Fsp3) is 0.690. The number of benzene rings is 1. The third-order valence-electron chi connectivity index (χ3n) is 8.40. The van der Waals surface area contributed by atoms with E-state index in [1.807, 2.05) is 21.9 Å². The fourth-order valence-electron chi connectivity index (χ4n) is 6.28. The molecular weight excluding hydrogens is 484 g/mol. The predicted molar refractivity (Wildman–Crippen MR) is 145 cm³/mol. The second-order valence-corrected chi connectivity index (χ2v) is 10.9. The smallest absolute Gasteiger partial charge is 0.308 e. The van der Waals surface area contributed by atoms with E-state index < -0.39 is 11.9 Å². The molecular formula is C29H44N4O5. The topological polar surface area (TPSA) is 116 Å². The molecule has 9 heteroatoms. The van der Waals surface area contributed by atoms with Gasteiger partial charge in [-0.05, 0) is 55.8 Å². The number of likely N-dealkylation sites (tertiary alicyclic amines) is 2. The number of amides is 2. The first-order valence-electron chi connectivity index (χ1n) is 14.4. The van der Waals surface area contributed by atoms with Gasteiger partial charge in [-0.25, -0.2) is 0 Å². The molecule has 38 heavy (non-hydrogen) atoms. The Kier molecular flexibility index (Phi) is 10.0. The van der Waals surface area contributed by atoms with Crippen molar-refractivity contribution in [1.29, 1.82) is 0 Å². The molecule has 0 unspecified atom stereocenters. The molecule has 2 fully saturated rings. The standard InChI is InChI=1S/C29H44N4O5/c1-2-3-13-31(15-6-12-30)27(35)20-33-19-23(21-8-9-25-22(18-21)11-17-38-25)28(29(36)37)24(33)10-16-32-14-5-4-7-26(32)34/h8-9,18,23-24,28H,2-7,10-17,19-20,30H2,1H3,(H,36,37)/t23-,24+,28-/m1/s1. The summed E-state index contributed by atoms with van der Waals surface area (Å²) in [6, 6.07) is 5.69. The second-order valence-electron chi connectivity index (χ2n) is 10.9. The van der Waals surface area contributed by atoms with E-state index in [9.17, 15) is 19.5 Å². The number of unbranched alkanes of at least 4 members (excludes halogenated alkanes) is 1. The highest BCUT2D eigenvalue weighted by molar-refractivity contribution is 5.79. The summed E-state index contributed by atoms with van der Waals surface area (Å²) in [5.74, 6) is -0.693. The van der Waals surface area contributed by atoms with Crippen LogP contribution in [0.15, 0.2) is 18.2 Å². The summed E-state index contributed by atoms with van der Waals surface area (Å²) in [7, 11) is 0. The van der Waals surface area contributed by atoms with E-state index in [1.165, 1.54) is 0 Å². The summed E-state index contributed by atoms with van der Waals surface area (Å²) in [6.45, 7) is 6.51. The molecule has 4 rings (SSSR count). The molecule has 0 saturated carbocycles. The molecule has 3 heterocycles. The molecule has 3 N–H and O–H groups in total. The van der Waals surface area contributed by atoms with E-state index in [0.717, 1.165) is 61.9 Å². The summed E-state index contributed by atoms with van der Waals surface area (Å²) in [4.78, 5) is 44.6. The van der Waals surface area contributed by atoms with Crippen molar-refractivity contribution in [2.24, 2.45) is 11.7 Å². The minimum atomic E-state index is -0.845. The number of carbonyl (C=O) groups excluding carboxylic acids is 2. The van der Waals surface area contributed by atoms with E-state index >= 15 is 0 Å². The minimum absolute atomic E-state index is 0.0260. The number of fused-ring (bicyclic) bond motifs is 1. The highest BCUT2D eigenvalue weighted by atomic mass is 16.5. The first-order chi connectivity index (χ1) is 18.4. The molecule has 1 aromatic carbocycles. The number of hydrogen-bond donors (Lipinski definition) is 2. The van der Waals surface area contributed by atoms with Gasteiger partial charge in [0, 0.05) is 57.5 Å². The van der Waals surface area contributed by atoms with Crippen LogP contribution in [0.2, 0.25) is 0 Å². The Hall–Kier alpha value is -2.65. The number of ether oxygens (including phenoxy) is 1. The summed E-state index contributed by atoms with van der Waals surface area (Å²) < 4.78 is 5.67. The predicted octanol–water partition coefficient (Wildman–Crippen LogP) is 2.47. The third kappa shape index (κ3) is 6.67. The van der Waals surface area contributed by atoms with Crippen LogP contribution in [0.25, 0.3) is 0 Å². The largest absolute Gasteiger partial charge is 0.493 e. The number of rotatable bonds is 13. The van der Waals surface area contributed by atoms with Crippen molar-refractivity contribution in [1.82, 2.24) is 14.7 Å². The number of carboxylic acid groups (broad SMARTS) is 1. The molecule has 3 aliphatic heterocycles. The average molecular weight is 529 g/mol. The van der Waals surface area contributed by atoms with Gasteiger partial charge < -0.3 is 25.4 Å². The molecule has 0 radical (unpaired) electrons. The van der Waals surface area contributed by atoms with E-state index in [4.69, 9.17) is 10.5 Å². The van der Waals surface area contributed by atoms with Gasteiger partial charge in [0.15, 0.2) is 0 Å². The second kappa shape index (κ2) is 13.4. The Morgan fingerprint density at radius 2 is 2.00 bits per heavy atom. The van der Waals surface area contributed by atoms with Crippen molar-refractivity contribution in [3.8, 4) is 5.75 Å². The highest BCUT2D eigenvalue weighted by Gasteiger charge is 2.47. The number of carbonyl (C=O) groups is 3. The van der Waals surface area contributed by atoms with Crippen molar-refractivity contribution in [3.05, 3.63) is 29.3 Å². The summed E-state index contributed by atoms with van der Waals surface area (Å²) in [5.41, 5.74) is 7.83. The molecule has 210 valence electrons. The molecule has 0 bridgehead atoms. The van der Waals surface area contributed by atoms with Gasteiger partial charge in [-0.3, -0.25) is 19.3 Å². The van der Waals surface area contributed by atoms with Crippen LogP contribution in [-0.4, -0.2) is 96.1 Å². The Morgan fingerprint density at radius 1 is 1.18 bits per heavy atom. The minimum Gasteiger partial charge on any atom is -0.493 e. The Bertz CT molecular complexity index is 978. The summed E-state index contributed by atoms with van der Waals surface area (Å²) in [5, 5.41) is 10.5. The van der Waals surface area contributed by atoms with Crippen molar-refractivity contribution in [2.75, 3.05) is 52.4 Å². The van der Waals surface area contributed by atoms with Crippen LogP contribution >= 0.6 is 0 Å². The maximum Gasteiger partial charge on any atom is 0.308 e. The SMILES string of the molecule is CCCCN(CCCN)C(=O)CN1C[C@H](c2ccc3c(c2)CCO3)[C@@H](C(=O)O)[C@@H]1CCN1CCCCC1=O.